The third-order valence-corrected chi connectivity index (χ3v) is 5.03. The number of anilines is 1. The van der Waals surface area contributed by atoms with Gasteiger partial charge in [0.05, 0.1) is 11.0 Å². The molecule has 2 aliphatic rings. The average molecular weight is 343 g/mol. The molecule has 4 rings (SSSR count). The summed E-state index contributed by atoms with van der Waals surface area (Å²) in [5.74, 6) is 2.03. The van der Waals surface area contributed by atoms with Crippen LogP contribution in [0.1, 0.15) is 43.4 Å². The molecule has 8 nitrogen and oxygen atoms in total. The minimum atomic E-state index is -0.352. The maximum absolute atomic E-state index is 10.9. The Labute approximate surface area is 145 Å². The Morgan fingerprint density at radius 3 is 2.72 bits per heavy atom. The molecule has 0 spiro atoms. The summed E-state index contributed by atoms with van der Waals surface area (Å²) in [6, 6.07) is 6.91. The van der Waals surface area contributed by atoms with E-state index in [-0.39, 0.29) is 16.7 Å². The summed E-state index contributed by atoms with van der Waals surface area (Å²) in [7, 11) is 0. The molecule has 132 valence electrons. The molecule has 2 fully saturated rings. The van der Waals surface area contributed by atoms with Crippen LogP contribution in [0.2, 0.25) is 0 Å². The first-order valence-corrected chi connectivity index (χ1v) is 8.69. The fraction of sp³-hybridized carbons (Fsp3) is 0.529. The lowest BCUT2D eigenvalue weighted by atomic mass is 10.2. The predicted molar refractivity (Wildman–Crippen MR) is 91.6 cm³/mol. The molecular formula is C17H21N5O3. The number of rotatable bonds is 5. The van der Waals surface area contributed by atoms with E-state index < -0.39 is 0 Å². The normalized spacial score (nSPS) is 19.8. The van der Waals surface area contributed by atoms with Crippen molar-refractivity contribution in [1.29, 1.82) is 0 Å². The summed E-state index contributed by atoms with van der Waals surface area (Å²) in [5.41, 5.74) is 1.03. The highest BCUT2D eigenvalue weighted by molar-refractivity contribution is 5.53. The molecule has 0 N–H and O–H groups in total. The molecule has 1 aliphatic heterocycles. The number of benzene rings is 1. The molecule has 8 heteroatoms. The van der Waals surface area contributed by atoms with Gasteiger partial charge in [-0.1, -0.05) is 11.2 Å². The highest BCUT2D eigenvalue weighted by Gasteiger charge is 2.31. The quantitative estimate of drug-likeness (QED) is 0.609. The summed E-state index contributed by atoms with van der Waals surface area (Å²) in [6.45, 7) is 5.42. The first-order valence-electron chi connectivity index (χ1n) is 8.69. The van der Waals surface area contributed by atoms with Gasteiger partial charge in [0.1, 0.15) is 0 Å². The summed E-state index contributed by atoms with van der Waals surface area (Å²) >= 11 is 0. The molecule has 1 unspecified atom stereocenters. The molecule has 25 heavy (non-hydrogen) atoms. The van der Waals surface area contributed by atoms with Gasteiger partial charge in [0.2, 0.25) is 5.89 Å². The molecule has 1 saturated carbocycles. The van der Waals surface area contributed by atoms with Crippen LogP contribution in [0.5, 0.6) is 0 Å². The second-order valence-electron chi connectivity index (χ2n) is 6.74. The lowest BCUT2D eigenvalue weighted by Crippen LogP contribution is -2.47. The number of nitro benzene ring substituents is 1. The van der Waals surface area contributed by atoms with Crippen LogP contribution in [0.15, 0.2) is 28.8 Å². The average Bonchev–Trinajstić information content (AvgIpc) is 3.38. The Morgan fingerprint density at radius 2 is 2.04 bits per heavy atom. The Balaban J connectivity index is 1.38. The highest BCUT2D eigenvalue weighted by Crippen LogP contribution is 2.38. The van der Waals surface area contributed by atoms with Gasteiger partial charge in [-0.05, 0) is 25.8 Å². The number of hydrogen-bond donors (Lipinski definition) is 0. The molecule has 1 atom stereocenters. The summed E-state index contributed by atoms with van der Waals surface area (Å²) < 4.78 is 5.44. The topological polar surface area (TPSA) is 88.5 Å². The molecule has 2 heterocycles. The second kappa shape index (κ2) is 6.44. The standard InChI is InChI=1S/C17H21N5O3/c1-12(17-18-16(19-25-17)13-5-6-13)20-7-9-21(10-8-20)14-3-2-4-15(11-14)22(23)24/h2-4,11-13H,5-10H2,1H3. The van der Waals surface area contributed by atoms with E-state index in [1.54, 1.807) is 12.1 Å². The molecule has 1 saturated heterocycles. The predicted octanol–water partition coefficient (Wildman–Crippen LogP) is 2.74. The van der Waals surface area contributed by atoms with E-state index in [0.29, 0.717) is 11.8 Å². The van der Waals surface area contributed by atoms with Crippen LogP contribution in [-0.4, -0.2) is 46.1 Å². The molecule has 0 bridgehead atoms. The summed E-state index contributed by atoms with van der Waals surface area (Å²) in [6.07, 6.45) is 2.32. The van der Waals surface area contributed by atoms with Gasteiger partial charge in [0, 0.05) is 49.9 Å². The maximum atomic E-state index is 10.9. The number of nitrogens with zero attached hydrogens (tertiary/aromatic N) is 5. The van der Waals surface area contributed by atoms with E-state index in [1.165, 1.54) is 6.07 Å². The Kier molecular flexibility index (Phi) is 4.12. The fourth-order valence-electron chi connectivity index (χ4n) is 3.25. The zero-order valence-corrected chi connectivity index (χ0v) is 14.2. The molecule has 2 aromatic rings. The molecule has 1 aliphatic carbocycles. The number of non-ortho nitro benzene ring substituents is 1. The van der Waals surface area contributed by atoms with Gasteiger partial charge in [-0.3, -0.25) is 15.0 Å². The van der Waals surface area contributed by atoms with Crippen LogP contribution in [0.3, 0.4) is 0 Å². The van der Waals surface area contributed by atoms with Gasteiger partial charge in [-0.15, -0.1) is 0 Å². The van der Waals surface area contributed by atoms with Crippen LogP contribution in [-0.2, 0) is 0 Å². The van der Waals surface area contributed by atoms with Crippen LogP contribution >= 0.6 is 0 Å². The van der Waals surface area contributed by atoms with Gasteiger partial charge in [-0.2, -0.15) is 4.98 Å². The van der Waals surface area contributed by atoms with Crippen LogP contribution in [0, 0.1) is 10.1 Å². The summed E-state index contributed by atoms with van der Waals surface area (Å²) in [5, 5.41) is 15.0. The van der Waals surface area contributed by atoms with E-state index in [0.717, 1.165) is 50.5 Å². The lowest BCUT2D eigenvalue weighted by molar-refractivity contribution is -0.384. The third kappa shape index (κ3) is 3.34. The van der Waals surface area contributed by atoms with E-state index in [2.05, 4.69) is 26.9 Å². The zero-order valence-electron chi connectivity index (χ0n) is 14.2. The van der Waals surface area contributed by atoms with Crippen molar-refractivity contribution >= 4 is 11.4 Å². The van der Waals surface area contributed by atoms with Crippen molar-refractivity contribution in [2.24, 2.45) is 0 Å². The van der Waals surface area contributed by atoms with Gasteiger partial charge >= 0.3 is 0 Å². The van der Waals surface area contributed by atoms with E-state index >= 15 is 0 Å². The first kappa shape index (κ1) is 16.0. The van der Waals surface area contributed by atoms with Gasteiger partial charge < -0.3 is 9.42 Å². The zero-order chi connectivity index (χ0) is 17.4. The van der Waals surface area contributed by atoms with Crippen LogP contribution < -0.4 is 4.90 Å². The molecule has 0 amide bonds. The summed E-state index contributed by atoms with van der Waals surface area (Å²) in [4.78, 5) is 19.6. The number of piperazine rings is 1. The van der Waals surface area contributed by atoms with Gasteiger partial charge in [0.25, 0.3) is 5.69 Å². The highest BCUT2D eigenvalue weighted by atomic mass is 16.6. The van der Waals surface area contributed by atoms with E-state index in [9.17, 15) is 10.1 Å². The smallest absolute Gasteiger partial charge is 0.271 e. The molecule has 0 radical (unpaired) electrons. The Hall–Kier alpha value is -2.48. The second-order valence-corrected chi connectivity index (χ2v) is 6.74. The molecule has 1 aromatic heterocycles. The largest absolute Gasteiger partial charge is 0.369 e. The minimum Gasteiger partial charge on any atom is -0.369 e. The van der Waals surface area contributed by atoms with Crippen molar-refractivity contribution in [2.75, 3.05) is 31.1 Å². The lowest BCUT2D eigenvalue weighted by Gasteiger charge is -2.37. The Bertz CT molecular complexity index is 765. The van der Waals surface area contributed by atoms with E-state index in [4.69, 9.17) is 4.52 Å². The van der Waals surface area contributed by atoms with Crippen LogP contribution in [0.25, 0.3) is 0 Å². The number of nitro groups is 1. The van der Waals surface area contributed by atoms with Crippen molar-refractivity contribution in [3.63, 3.8) is 0 Å². The van der Waals surface area contributed by atoms with Gasteiger partial charge in [0.15, 0.2) is 5.82 Å². The van der Waals surface area contributed by atoms with Crippen molar-refractivity contribution in [2.45, 2.75) is 31.7 Å². The van der Waals surface area contributed by atoms with Crippen LogP contribution in [0.4, 0.5) is 11.4 Å². The maximum Gasteiger partial charge on any atom is 0.271 e. The molecule has 1 aromatic carbocycles. The monoisotopic (exact) mass is 343 g/mol. The first-order chi connectivity index (χ1) is 12.1. The SMILES string of the molecule is CC(c1nc(C2CC2)no1)N1CCN(c2cccc([N+](=O)[O-])c2)CC1. The molecular weight excluding hydrogens is 322 g/mol. The number of aromatic nitrogens is 2. The third-order valence-electron chi connectivity index (χ3n) is 5.03. The van der Waals surface area contributed by atoms with Crippen molar-refractivity contribution in [1.82, 2.24) is 15.0 Å². The van der Waals surface area contributed by atoms with Crippen molar-refractivity contribution in [3.8, 4) is 0 Å². The fourth-order valence-corrected chi connectivity index (χ4v) is 3.25. The van der Waals surface area contributed by atoms with Crippen molar-refractivity contribution in [3.05, 3.63) is 46.1 Å². The number of hydrogen-bond acceptors (Lipinski definition) is 7. The van der Waals surface area contributed by atoms with Gasteiger partial charge in [-0.25, -0.2) is 0 Å². The van der Waals surface area contributed by atoms with E-state index in [1.807, 2.05) is 6.07 Å². The van der Waals surface area contributed by atoms with Crippen molar-refractivity contribution < 1.29 is 9.45 Å². The Morgan fingerprint density at radius 1 is 1.28 bits per heavy atom. The minimum absolute atomic E-state index is 0.0901.